The lowest BCUT2D eigenvalue weighted by Gasteiger charge is -2.31. The number of hydrogen-bond acceptors (Lipinski definition) is 5. The van der Waals surface area contributed by atoms with Crippen LogP contribution < -0.4 is 0 Å². The van der Waals surface area contributed by atoms with Gasteiger partial charge in [0.05, 0.1) is 18.4 Å². The molecule has 0 spiro atoms. The van der Waals surface area contributed by atoms with E-state index in [4.69, 9.17) is 9.52 Å². The van der Waals surface area contributed by atoms with Gasteiger partial charge < -0.3 is 14.4 Å². The number of carbonyl (C=O) groups excluding carboxylic acids is 1. The van der Waals surface area contributed by atoms with Crippen LogP contribution in [0.4, 0.5) is 0 Å². The van der Waals surface area contributed by atoms with E-state index in [0.29, 0.717) is 22.9 Å². The molecule has 1 saturated heterocycles. The number of piperidine rings is 1. The number of aryl methyl sites for hydroxylation is 1. The molecule has 7 heteroatoms. The minimum atomic E-state index is -0.0879. The Morgan fingerprint density at radius 3 is 2.68 bits per heavy atom. The summed E-state index contributed by atoms with van der Waals surface area (Å²) in [4.78, 5) is 14.7. The highest BCUT2D eigenvalue weighted by atomic mass is 16.3. The monoisotopic (exact) mass is 346 g/mol. The molecule has 1 amide bonds. The molecule has 3 heterocycles. The Labute approximate surface area is 147 Å². The van der Waals surface area contributed by atoms with Crippen molar-refractivity contribution < 1.29 is 14.3 Å². The van der Waals surface area contributed by atoms with Crippen molar-refractivity contribution in [2.45, 2.75) is 52.7 Å². The molecule has 0 radical (unpaired) electrons. The summed E-state index contributed by atoms with van der Waals surface area (Å²) in [6, 6.07) is 1.89. The van der Waals surface area contributed by atoms with E-state index in [1.54, 1.807) is 10.9 Å². The van der Waals surface area contributed by atoms with Gasteiger partial charge in [0.1, 0.15) is 17.2 Å². The SMILES string of the molecule is Cc1oc(C(C)C)cc1C(=O)N1CCC(Cn2cc(CO)nn2)CC1. The van der Waals surface area contributed by atoms with Crippen molar-refractivity contribution in [1.82, 2.24) is 19.9 Å². The fraction of sp³-hybridized carbons (Fsp3) is 0.611. The Hall–Kier alpha value is -2.15. The number of aliphatic hydroxyl groups excluding tert-OH is 1. The van der Waals surface area contributed by atoms with Gasteiger partial charge in [0.25, 0.3) is 5.91 Å². The molecule has 3 rings (SSSR count). The minimum absolute atomic E-state index is 0.0647. The number of nitrogens with zero attached hydrogens (tertiary/aromatic N) is 4. The zero-order valence-electron chi connectivity index (χ0n) is 15.1. The zero-order valence-corrected chi connectivity index (χ0v) is 15.1. The topological polar surface area (TPSA) is 84.4 Å². The summed E-state index contributed by atoms with van der Waals surface area (Å²) in [5.74, 6) is 2.37. The Morgan fingerprint density at radius 2 is 2.12 bits per heavy atom. The Kier molecular flexibility index (Phi) is 5.22. The largest absolute Gasteiger partial charge is 0.465 e. The first kappa shape index (κ1) is 17.7. The lowest BCUT2D eigenvalue weighted by Crippen LogP contribution is -2.39. The third kappa shape index (κ3) is 3.92. The minimum Gasteiger partial charge on any atom is -0.465 e. The number of hydrogen-bond donors (Lipinski definition) is 1. The van der Waals surface area contributed by atoms with Crippen LogP contribution in [-0.2, 0) is 13.2 Å². The molecule has 25 heavy (non-hydrogen) atoms. The van der Waals surface area contributed by atoms with E-state index >= 15 is 0 Å². The first-order valence-corrected chi connectivity index (χ1v) is 8.87. The van der Waals surface area contributed by atoms with Crippen LogP contribution in [0.1, 0.15) is 60.2 Å². The molecule has 7 nitrogen and oxygen atoms in total. The van der Waals surface area contributed by atoms with Gasteiger partial charge in [-0.1, -0.05) is 19.1 Å². The van der Waals surface area contributed by atoms with Gasteiger partial charge in [-0.25, -0.2) is 0 Å². The van der Waals surface area contributed by atoms with Crippen LogP contribution in [0.15, 0.2) is 16.7 Å². The fourth-order valence-corrected chi connectivity index (χ4v) is 3.26. The van der Waals surface area contributed by atoms with Crippen LogP contribution in [0.25, 0.3) is 0 Å². The molecule has 2 aromatic rings. The Morgan fingerprint density at radius 1 is 1.40 bits per heavy atom. The van der Waals surface area contributed by atoms with Crippen LogP contribution in [0.5, 0.6) is 0 Å². The highest BCUT2D eigenvalue weighted by Gasteiger charge is 2.27. The summed E-state index contributed by atoms with van der Waals surface area (Å²) in [5.41, 5.74) is 1.27. The molecular weight excluding hydrogens is 320 g/mol. The lowest BCUT2D eigenvalue weighted by atomic mass is 9.96. The summed E-state index contributed by atoms with van der Waals surface area (Å²) in [6.45, 7) is 8.15. The maximum atomic E-state index is 12.8. The van der Waals surface area contributed by atoms with Gasteiger partial charge in [0, 0.05) is 25.6 Å². The fourth-order valence-electron chi connectivity index (χ4n) is 3.26. The molecular formula is C18H26N4O3. The van der Waals surface area contributed by atoms with Gasteiger partial charge in [-0.2, -0.15) is 0 Å². The standard InChI is InChI=1S/C18H26N4O3/c1-12(2)17-8-16(13(3)25-17)18(24)21-6-4-14(5-7-21)9-22-10-15(11-23)19-20-22/h8,10,12,14,23H,4-7,9,11H2,1-3H3. The maximum Gasteiger partial charge on any atom is 0.257 e. The quantitative estimate of drug-likeness (QED) is 0.898. The highest BCUT2D eigenvalue weighted by Crippen LogP contribution is 2.25. The van der Waals surface area contributed by atoms with Gasteiger partial charge in [-0.3, -0.25) is 9.48 Å². The average Bonchev–Trinajstić information content (AvgIpc) is 3.21. The van der Waals surface area contributed by atoms with Crippen LogP contribution >= 0.6 is 0 Å². The van der Waals surface area contributed by atoms with Crippen LogP contribution in [0, 0.1) is 12.8 Å². The van der Waals surface area contributed by atoms with Crippen molar-refractivity contribution >= 4 is 5.91 Å². The van der Waals surface area contributed by atoms with Crippen molar-refractivity contribution in [2.75, 3.05) is 13.1 Å². The number of furan rings is 1. The predicted molar refractivity (Wildman–Crippen MR) is 92.1 cm³/mol. The lowest BCUT2D eigenvalue weighted by molar-refractivity contribution is 0.0679. The van der Waals surface area contributed by atoms with E-state index in [2.05, 4.69) is 24.2 Å². The number of likely N-dealkylation sites (tertiary alicyclic amines) is 1. The third-order valence-corrected chi connectivity index (χ3v) is 4.83. The summed E-state index contributed by atoms with van der Waals surface area (Å²) < 4.78 is 7.50. The van der Waals surface area contributed by atoms with Crippen molar-refractivity contribution in [3.05, 3.63) is 35.0 Å². The molecule has 0 saturated carbocycles. The van der Waals surface area contributed by atoms with Crippen LogP contribution in [0.2, 0.25) is 0 Å². The van der Waals surface area contributed by atoms with Crippen LogP contribution in [0.3, 0.4) is 0 Å². The first-order chi connectivity index (χ1) is 12.0. The molecule has 0 aliphatic carbocycles. The predicted octanol–water partition coefficient (Wildman–Crippen LogP) is 2.35. The van der Waals surface area contributed by atoms with Crippen molar-refractivity contribution in [2.24, 2.45) is 5.92 Å². The zero-order chi connectivity index (χ0) is 18.0. The van der Waals surface area contributed by atoms with E-state index in [-0.39, 0.29) is 18.4 Å². The van der Waals surface area contributed by atoms with Gasteiger partial charge in [-0.05, 0) is 31.7 Å². The number of aromatic nitrogens is 3. The van der Waals surface area contributed by atoms with Gasteiger partial charge in [0.2, 0.25) is 0 Å². The molecule has 1 N–H and O–H groups in total. The van der Waals surface area contributed by atoms with Gasteiger partial charge in [-0.15, -0.1) is 5.10 Å². The smallest absolute Gasteiger partial charge is 0.257 e. The summed E-state index contributed by atoms with van der Waals surface area (Å²) in [6.07, 6.45) is 3.65. The molecule has 136 valence electrons. The molecule has 0 aromatic carbocycles. The number of amides is 1. The molecule has 1 aliphatic rings. The highest BCUT2D eigenvalue weighted by molar-refractivity contribution is 5.95. The van der Waals surface area contributed by atoms with E-state index in [9.17, 15) is 4.79 Å². The van der Waals surface area contributed by atoms with Crippen molar-refractivity contribution in [3.63, 3.8) is 0 Å². The third-order valence-electron chi connectivity index (χ3n) is 4.83. The summed E-state index contributed by atoms with van der Waals surface area (Å²) in [5, 5.41) is 17.0. The second-order valence-electron chi connectivity index (χ2n) is 7.10. The number of aliphatic hydroxyl groups is 1. The van der Waals surface area contributed by atoms with Crippen molar-refractivity contribution in [1.29, 1.82) is 0 Å². The molecule has 0 atom stereocenters. The average molecular weight is 346 g/mol. The summed E-state index contributed by atoms with van der Waals surface area (Å²) >= 11 is 0. The Bertz CT molecular complexity index is 727. The summed E-state index contributed by atoms with van der Waals surface area (Å²) in [7, 11) is 0. The van der Waals surface area contributed by atoms with Gasteiger partial charge in [0.15, 0.2) is 0 Å². The second-order valence-corrected chi connectivity index (χ2v) is 7.10. The van der Waals surface area contributed by atoms with E-state index in [1.165, 1.54) is 0 Å². The number of carbonyl (C=O) groups is 1. The van der Waals surface area contributed by atoms with E-state index in [0.717, 1.165) is 38.2 Å². The van der Waals surface area contributed by atoms with E-state index in [1.807, 2.05) is 17.9 Å². The van der Waals surface area contributed by atoms with Gasteiger partial charge >= 0.3 is 0 Å². The van der Waals surface area contributed by atoms with Crippen molar-refractivity contribution in [3.8, 4) is 0 Å². The molecule has 2 aromatic heterocycles. The Balaban J connectivity index is 1.57. The first-order valence-electron chi connectivity index (χ1n) is 8.87. The second kappa shape index (κ2) is 7.39. The normalized spacial score (nSPS) is 16.0. The molecule has 1 aliphatic heterocycles. The number of rotatable bonds is 5. The molecule has 1 fully saturated rings. The van der Waals surface area contributed by atoms with Crippen LogP contribution in [-0.4, -0.2) is 44.0 Å². The molecule has 0 bridgehead atoms. The maximum absolute atomic E-state index is 12.8. The molecule has 0 unspecified atom stereocenters. The van der Waals surface area contributed by atoms with E-state index < -0.39 is 0 Å².